The molecule has 0 saturated carbocycles. The normalized spacial score (nSPS) is 18.8. The van der Waals surface area contributed by atoms with Crippen LogP contribution in [0.3, 0.4) is 0 Å². The second kappa shape index (κ2) is 6.18. The zero-order valence-corrected chi connectivity index (χ0v) is 10.6. The molecule has 1 unspecified atom stereocenters. The van der Waals surface area contributed by atoms with Crippen molar-refractivity contribution in [2.45, 2.75) is 31.8 Å². The molecule has 3 heteroatoms. The molecule has 1 aromatic rings. The van der Waals surface area contributed by atoms with Crippen molar-refractivity contribution in [3.8, 4) is 0 Å². The summed E-state index contributed by atoms with van der Waals surface area (Å²) < 4.78 is 5.70. The van der Waals surface area contributed by atoms with Gasteiger partial charge in [0.1, 0.15) is 5.78 Å². The van der Waals surface area contributed by atoms with E-state index < -0.39 is 0 Å². The standard InChI is InChI=1S/C14H17ClO2/c15-8-3-5-12(16)10-14-13-6-2-1-4-11(13)7-9-17-14/h1-2,4,6,14H,3,5,7-10H2. The molecule has 1 aliphatic rings. The molecule has 0 N–H and O–H groups in total. The van der Waals surface area contributed by atoms with Crippen molar-refractivity contribution in [2.24, 2.45) is 0 Å². The Kier molecular flexibility index (Phi) is 4.57. The van der Waals surface area contributed by atoms with Crippen LogP contribution in [-0.4, -0.2) is 18.3 Å². The first-order valence-electron chi connectivity index (χ1n) is 6.08. The number of carbonyl (C=O) groups excluding carboxylic acids is 1. The minimum atomic E-state index is -0.0530. The molecule has 92 valence electrons. The van der Waals surface area contributed by atoms with Crippen LogP contribution >= 0.6 is 11.6 Å². The van der Waals surface area contributed by atoms with Crippen molar-refractivity contribution in [1.82, 2.24) is 0 Å². The molecule has 1 heterocycles. The summed E-state index contributed by atoms with van der Waals surface area (Å²) in [5.41, 5.74) is 2.49. The minimum Gasteiger partial charge on any atom is -0.373 e. The third kappa shape index (κ3) is 3.30. The number of hydrogen-bond donors (Lipinski definition) is 0. The summed E-state index contributed by atoms with van der Waals surface area (Å²) in [4.78, 5) is 11.7. The summed E-state index contributed by atoms with van der Waals surface area (Å²) in [6.07, 6.45) is 2.69. The lowest BCUT2D eigenvalue weighted by atomic mass is 9.94. The van der Waals surface area contributed by atoms with Crippen LogP contribution in [0.15, 0.2) is 24.3 Å². The average Bonchev–Trinajstić information content (AvgIpc) is 2.37. The van der Waals surface area contributed by atoms with E-state index in [0.29, 0.717) is 25.3 Å². The first kappa shape index (κ1) is 12.6. The largest absolute Gasteiger partial charge is 0.373 e. The molecule has 2 rings (SSSR count). The van der Waals surface area contributed by atoms with Crippen molar-refractivity contribution in [3.63, 3.8) is 0 Å². The van der Waals surface area contributed by atoms with E-state index in [4.69, 9.17) is 16.3 Å². The Hall–Kier alpha value is -0.860. The lowest BCUT2D eigenvalue weighted by Crippen LogP contribution is -2.19. The summed E-state index contributed by atoms with van der Waals surface area (Å²) in [6, 6.07) is 8.22. The van der Waals surface area contributed by atoms with Gasteiger partial charge in [-0.3, -0.25) is 4.79 Å². The number of rotatable bonds is 5. The predicted molar refractivity (Wildman–Crippen MR) is 68.4 cm³/mol. The van der Waals surface area contributed by atoms with Gasteiger partial charge in [-0.1, -0.05) is 24.3 Å². The van der Waals surface area contributed by atoms with Crippen LogP contribution in [-0.2, 0) is 16.0 Å². The van der Waals surface area contributed by atoms with Gasteiger partial charge in [0.25, 0.3) is 0 Å². The van der Waals surface area contributed by atoms with Gasteiger partial charge in [-0.25, -0.2) is 0 Å². The molecule has 1 aromatic carbocycles. The lowest BCUT2D eigenvalue weighted by Gasteiger charge is -2.25. The Morgan fingerprint density at radius 1 is 1.41 bits per heavy atom. The van der Waals surface area contributed by atoms with Gasteiger partial charge < -0.3 is 4.74 Å². The number of benzene rings is 1. The van der Waals surface area contributed by atoms with Gasteiger partial charge >= 0.3 is 0 Å². The monoisotopic (exact) mass is 252 g/mol. The van der Waals surface area contributed by atoms with Crippen LogP contribution in [0.5, 0.6) is 0 Å². The number of Topliss-reactive ketones (excluding diaryl/α,β-unsaturated/α-hetero) is 1. The average molecular weight is 253 g/mol. The highest BCUT2D eigenvalue weighted by atomic mass is 35.5. The van der Waals surface area contributed by atoms with Crippen LogP contribution in [0.1, 0.15) is 36.5 Å². The maximum absolute atomic E-state index is 11.7. The minimum absolute atomic E-state index is 0.0530. The van der Waals surface area contributed by atoms with Gasteiger partial charge in [0.15, 0.2) is 0 Å². The second-order valence-corrected chi connectivity index (χ2v) is 4.72. The van der Waals surface area contributed by atoms with Crippen molar-refractivity contribution < 1.29 is 9.53 Å². The fraction of sp³-hybridized carbons (Fsp3) is 0.500. The van der Waals surface area contributed by atoms with Crippen molar-refractivity contribution >= 4 is 17.4 Å². The van der Waals surface area contributed by atoms with Crippen LogP contribution in [0, 0.1) is 0 Å². The third-order valence-electron chi connectivity index (χ3n) is 3.09. The molecule has 1 atom stereocenters. The SMILES string of the molecule is O=C(CCCCl)CC1OCCc2ccccc21. The smallest absolute Gasteiger partial charge is 0.135 e. The van der Waals surface area contributed by atoms with Crippen LogP contribution in [0.4, 0.5) is 0 Å². The second-order valence-electron chi connectivity index (χ2n) is 4.34. The highest BCUT2D eigenvalue weighted by Gasteiger charge is 2.22. The summed E-state index contributed by atoms with van der Waals surface area (Å²) in [7, 11) is 0. The van der Waals surface area contributed by atoms with E-state index >= 15 is 0 Å². The van der Waals surface area contributed by atoms with Gasteiger partial charge in [0.2, 0.25) is 0 Å². The summed E-state index contributed by atoms with van der Waals surface area (Å²) >= 11 is 5.59. The van der Waals surface area contributed by atoms with Gasteiger partial charge in [-0.05, 0) is 24.0 Å². The topological polar surface area (TPSA) is 26.3 Å². The molecule has 0 amide bonds. The van der Waals surface area contributed by atoms with E-state index in [-0.39, 0.29) is 11.9 Å². The van der Waals surface area contributed by atoms with Gasteiger partial charge in [0, 0.05) is 18.7 Å². The van der Waals surface area contributed by atoms with E-state index in [1.54, 1.807) is 0 Å². The Labute approximate surface area is 107 Å². The fourth-order valence-corrected chi connectivity index (χ4v) is 2.35. The molecule has 0 aliphatic carbocycles. The zero-order chi connectivity index (χ0) is 12.1. The molecule has 1 aliphatic heterocycles. The molecule has 17 heavy (non-hydrogen) atoms. The van der Waals surface area contributed by atoms with E-state index in [2.05, 4.69) is 12.1 Å². The van der Waals surface area contributed by atoms with Gasteiger partial charge in [-0.15, -0.1) is 11.6 Å². The molecule has 0 spiro atoms. The molecular weight excluding hydrogens is 236 g/mol. The maximum Gasteiger partial charge on any atom is 0.135 e. The van der Waals surface area contributed by atoms with E-state index in [1.807, 2.05) is 12.1 Å². The first-order valence-corrected chi connectivity index (χ1v) is 6.62. The number of fused-ring (bicyclic) bond motifs is 1. The lowest BCUT2D eigenvalue weighted by molar-refractivity contribution is -0.122. The van der Waals surface area contributed by atoms with Crippen molar-refractivity contribution in [3.05, 3.63) is 35.4 Å². The predicted octanol–water partition coefficient (Wildman–Crippen LogP) is 3.28. The highest BCUT2D eigenvalue weighted by Crippen LogP contribution is 2.29. The Morgan fingerprint density at radius 2 is 2.24 bits per heavy atom. The third-order valence-corrected chi connectivity index (χ3v) is 3.36. The number of ketones is 1. The van der Waals surface area contributed by atoms with E-state index in [1.165, 1.54) is 11.1 Å². The molecule has 0 aromatic heterocycles. The Bertz CT molecular complexity index is 390. The molecule has 2 nitrogen and oxygen atoms in total. The summed E-state index contributed by atoms with van der Waals surface area (Å²) in [5, 5.41) is 0. The van der Waals surface area contributed by atoms with Gasteiger partial charge in [0.05, 0.1) is 12.7 Å². The van der Waals surface area contributed by atoms with E-state index in [9.17, 15) is 4.79 Å². The molecule has 0 saturated heterocycles. The van der Waals surface area contributed by atoms with Crippen molar-refractivity contribution in [2.75, 3.05) is 12.5 Å². The quantitative estimate of drug-likeness (QED) is 0.752. The van der Waals surface area contributed by atoms with Gasteiger partial charge in [-0.2, -0.15) is 0 Å². The first-order chi connectivity index (χ1) is 8.31. The Morgan fingerprint density at radius 3 is 3.06 bits per heavy atom. The van der Waals surface area contributed by atoms with Crippen molar-refractivity contribution in [1.29, 1.82) is 0 Å². The molecule has 0 fully saturated rings. The van der Waals surface area contributed by atoms with Crippen LogP contribution < -0.4 is 0 Å². The molecular formula is C14H17ClO2. The Balaban J connectivity index is 2.01. The number of carbonyl (C=O) groups is 1. The maximum atomic E-state index is 11.7. The highest BCUT2D eigenvalue weighted by molar-refractivity contribution is 6.17. The zero-order valence-electron chi connectivity index (χ0n) is 9.82. The van der Waals surface area contributed by atoms with Crippen LogP contribution in [0.2, 0.25) is 0 Å². The van der Waals surface area contributed by atoms with E-state index in [0.717, 1.165) is 12.8 Å². The van der Waals surface area contributed by atoms with Crippen LogP contribution in [0.25, 0.3) is 0 Å². The number of hydrogen-bond acceptors (Lipinski definition) is 2. The molecule has 0 radical (unpaired) electrons. The number of ether oxygens (including phenoxy) is 1. The summed E-state index contributed by atoms with van der Waals surface area (Å²) in [6.45, 7) is 0.713. The number of halogens is 1. The fourth-order valence-electron chi connectivity index (χ4n) is 2.22. The summed E-state index contributed by atoms with van der Waals surface area (Å²) in [5.74, 6) is 0.792. The number of alkyl halides is 1. The molecule has 0 bridgehead atoms.